The molecule has 7 heteroatoms. The molecule has 0 spiro atoms. The summed E-state index contributed by atoms with van der Waals surface area (Å²) in [5.41, 5.74) is 21.0. The molecule has 2 aromatic carbocycles. The van der Waals surface area contributed by atoms with Crippen LogP contribution in [0.25, 0.3) is 12.2 Å². The maximum Gasteiger partial charge on any atom is 0.202 e. The van der Waals surface area contributed by atoms with Gasteiger partial charge >= 0.3 is 0 Å². The van der Waals surface area contributed by atoms with Crippen molar-refractivity contribution in [3.8, 4) is 5.75 Å². The van der Waals surface area contributed by atoms with Gasteiger partial charge < -0.3 is 36.9 Å². The fraction of sp³-hybridized carbons (Fsp3) is 0.300. The van der Waals surface area contributed by atoms with Gasteiger partial charge in [0.1, 0.15) is 0 Å². The Kier molecular flexibility index (Phi) is 5.85. The number of rotatable bonds is 5. The van der Waals surface area contributed by atoms with Gasteiger partial charge in [-0.15, -0.1) is 0 Å². The van der Waals surface area contributed by atoms with Crippen LogP contribution in [0.1, 0.15) is 24.0 Å². The highest BCUT2D eigenvalue weighted by atomic mass is 16.7. The van der Waals surface area contributed by atoms with Crippen LogP contribution in [0.5, 0.6) is 5.75 Å². The lowest BCUT2D eigenvalue weighted by atomic mass is 10.1. The first-order valence-electron chi connectivity index (χ1n) is 8.78. The number of hydrogen-bond donors (Lipinski definition) is 5. The van der Waals surface area contributed by atoms with Crippen LogP contribution < -0.4 is 21.9 Å². The molecule has 1 aliphatic heterocycles. The van der Waals surface area contributed by atoms with Crippen molar-refractivity contribution in [3.63, 3.8) is 0 Å². The number of nitrogens with two attached hydrogens (primary N) is 3. The van der Waals surface area contributed by atoms with Gasteiger partial charge in [-0.1, -0.05) is 24.3 Å². The van der Waals surface area contributed by atoms with E-state index >= 15 is 0 Å². The molecule has 1 heterocycles. The standard InChI is InChI=1S/C20H25N3O4/c21-14-5-2-12(3-6-14)1-4-13-7-15(22)8-18(23)20(13)27-19-10-16(25)9-17(11-24)26-19/h1-8,16-17,19,24-25H,9-11,21-23H2/b4-1+. The summed E-state index contributed by atoms with van der Waals surface area (Å²) in [4.78, 5) is 0. The molecule has 1 aliphatic rings. The Morgan fingerprint density at radius 3 is 2.48 bits per heavy atom. The van der Waals surface area contributed by atoms with Crippen molar-refractivity contribution in [2.24, 2.45) is 0 Å². The van der Waals surface area contributed by atoms with Crippen LogP contribution in [0.3, 0.4) is 0 Å². The SMILES string of the molecule is Nc1ccc(/C=C/c2cc(N)cc(N)c2OC2CC(O)CC(CO)O2)cc1. The van der Waals surface area contributed by atoms with E-state index in [4.69, 9.17) is 26.7 Å². The Morgan fingerprint density at radius 1 is 1.04 bits per heavy atom. The predicted molar refractivity (Wildman–Crippen MR) is 107 cm³/mol. The highest BCUT2D eigenvalue weighted by molar-refractivity contribution is 5.79. The zero-order valence-electron chi connectivity index (χ0n) is 14.9. The molecule has 1 fully saturated rings. The van der Waals surface area contributed by atoms with Crippen molar-refractivity contribution >= 4 is 29.2 Å². The molecular weight excluding hydrogens is 346 g/mol. The molecule has 3 unspecified atom stereocenters. The molecule has 144 valence electrons. The smallest absolute Gasteiger partial charge is 0.202 e. The molecule has 3 atom stereocenters. The number of ether oxygens (including phenoxy) is 2. The first-order valence-corrected chi connectivity index (χ1v) is 8.78. The molecule has 0 bridgehead atoms. The van der Waals surface area contributed by atoms with Gasteiger partial charge in [-0.3, -0.25) is 0 Å². The average molecular weight is 371 g/mol. The van der Waals surface area contributed by atoms with Gasteiger partial charge in [-0.25, -0.2) is 0 Å². The lowest BCUT2D eigenvalue weighted by Crippen LogP contribution is -2.40. The summed E-state index contributed by atoms with van der Waals surface area (Å²) in [6.07, 6.45) is 2.62. The summed E-state index contributed by atoms with van der Waals surface area (Å²) in [6.45, 7) is -0.183. The number of aliphatic hydroxyl groups is 2. The van der Waals surface area contributed by atoms with Crippen LogP contribution in [0, 0.1) is 0 Å². The summed E-state index contributed by atoms with van der Waals surface area (Å²) in [7, 11) is 0. The third-order valence-corrected chi connectivity index (χ3v) is 4.36. The van der Waals surface area contributed by atoms with E-state index in [0.717, 1.165) is 5.56 Å². The van der Waals surface area contributed by atoms with E-state index in [9.17, 15) is 10.2 Å². The third kappa shape index (κ3) is 4.91. The van der Waals surface area contributed by atoms with Crippen molar-refractivity contribution in [3.05, 3.63) is 47.5 Å². The summed E-state index contributed by atoms with van der Waals surface area (Å²) in [5.74, 6) is 0.423. The Hall–Kier alpha value is -2.74. The second-order valence-corrected chi connectivity index (χ2v) is 6.64. The van der Waals surface area contributed by atoms with Gasteiger partial charge in [-0.2, -0.15) is 0 Å². The number of benzene rings is 2. The Labute approximate surface area is 158 Å². The first kappa shape index (κ1) is 19.0. The fourth-order valence-electron chi connectivity index (χ4n) is 3.02. The maximum absolute atomic E-state index is 9.97. The topological polar surface area (TPSA) is 137 Å². The minimum atomic E-state index is -0.708. The van der Waals surface area contributed by atoms with Crippen LogP contribution >= 0.6 is 0 Å². The van der Waals surface area contributed by atoms with Crippen molar-refractivity contribution in [2.75, 3.05) is 23.8 Å². The zero-order chi connectivity index (χ0) is 19.4. The Balaban J connectivity index is 1.85. The molecule has 7 nitrogen and oxygen atoms in total. The summed E-state index contributed by atoms with van der Waals surface area (Å²) in [6, 6.07) is 10.8. The number of aliphatic hydroxyl groups excluding tert-OH is 2. The van der Waals surface area contributed by atoms with Gasteiger partial charge in [0.2, 0.25) is 6.29 Å². The molecule has 3 rings (SSSR count). The Bertz CT molecular complexity index is 808. The maximum atomic E-state index is 9.97. The lowest BCUT2D eigenvalue weighted by molar-refractivity contribution is -0.184. The minimum Gasteiger partial charge on any atom is -0.462 e. The first-order chi connectivity index (χ1) is 12.9. The van der Waals surface area contributed by atoms with Crippen LogP contribution in [-0.2, 0) is 4.74 Å². The monoisotopic (exact) mass is 371 g/mol. The minimum absolute atomic E-state index is 0.183. The molecule has 0 aromatic heterocycles. The summed E-state index contributed by atoms with van der Waals surface area (Å²) >= 11 is 0. The van der Waals surface area contributed by atoms with Crippen LogP contribution in [0.15, 0.2) is 36.4 Å². The fourth-order valence-corrected chi connectivity index (χ4v) is 3.02. The largest absolute Gasteiger partial charge is 0.462 e. The van der Waals surface area contributed by atoms with Gasteiger partial charge in [0, 0.05) is 29.8 Å². The molecule has 8 N–H and O–H groups in total. The predicted octanol–water partition coefficient (Wildman–Crippen LogP) is 1.84. The summed E-state index contributed by atoms with van der Waals surface area (Å²) in [5, 5.41) is 19.3. The second kappa shape index (κ2) is 8.30. The number of nitrogen functional groups attached to an aromatic ring is 3. The van der Waals surface area contributed by atoms with Gasteiger partial charge in [-0.05, 0) is 29.8 Å². The summed E-state index contributed by atoms with van der Waals surface area (Å²) < 4.78 is 11.6. The van der Waals surface area contributed by atoms with Crippen molar-refractivity contribution in [2.45, 2.75) is 31.3 Å². The van der Waals surface area contributed by atoms with E-state index in [1.54, 1.807) is 12.1 Å². The van der Waals surface area contributed by atoms with E-state index in [-0.39, 0.29) is 6.61 Å². The van der Waals surface area contributed by atoms with Crippen molar-refractivity contribution in [1.29, 1.82) is 0 Å². The molecule has 2 aromatic rings. The molecule has 27 heavy (non-hydrogen) atoms. The normalized spacial score (nSPS) is 22.8. The molecule has 0 aliphatic carbocycles. The highest BCUT2D eigenvalue weighted by Gasteiger charge is 2.30. The van der Waals surface area contributed by atoms with Crippen LogP contribution in [0.2, 0.25) is 0 Å². The van der Waals surface area contributed by atoms with Crippen molar-refractivity contribution in [1.82, 2.24) is 0 Å². The van der Waals surface area contributed by atoms with E-state index in [1.807, 2.05) is 36.4 Å². The third-order valence-electron chi connectivity index (χ3n) is 4.36. The molecule has 0 radical (unpaired) electrons. The van der Waals surface area contributed by atoms with E-state index in [2.05, 4.69) is 0 Å². The zero-order valence-corrected chi connectivity index (χ0v) is 14.9. The van der Waals surface area contributed by atoms with Crippen LogP contribution in [0.4, 0.5) is 17.1 Å². The molecule has 0 amide bonds. The molecular formula is C20H25N3O4. The van der Waals surface area contributed by atoms with E-state index in [1.165, 1.54) is 0 Å². The molecule has 0 saturated carbocycles. The number of anilines is 3. The van der Waals surface area contributed by atoms with E-state index in [0.29, 0.717) is 41.2 Å². The highest BCUT2D eigenvalue weighted by Crippen LogP contribution is 2.34. The van der Waals surface area contributed by atoms with E-state index < -0.39 is 18.5 Å². The Morgan fingerprint density at radius 2 is 1.78 bits per heavy atom. The lowest BCUT2D eigenvalue weighted by Gasteiger charge is -2.32. The second-order valence-electron chi connectivity index (χ2n) is 6.64. The van der Waals surface area contributed by atoms with Gasteiger partial charge in [0.25, 0.3) is 0 Å². The van der Waals surface area contributed by atoms with Crippen LogP contribution in [-0.4, -0.2) is 35.3 Å². The van der Waals surface area contributed by atoms with Gasteiger partial charge in [0.05, 0.1) is 24.5 Å². The van der Waals surface area contributed by atoms with Crippen molar-refractivity contribution < 1.29 is 19.7 Å². The quantitative estimate of drug-likeness (QED) is 0.399. The average Bonchev–Trinajstić information content (AvgIpc) is 2.63. The van der Waals surface area contributed by atoms with Gasteiger partial charge in [0.15, 0.2) is 5.75 Å². The number of hydrogen-bond acceptors (Lipinski definition) is 7. The molecule has 1 saturated heterocycles.